The van der Waals surface area contributed by atoms with Crippen LogP contribution in [0.1, 0.15) is 38.4 Å². The van der Waals surface area contributed by atoms with Gasteiger partial charge in [-0.1, -0.05) is 0 Å². The molecule has 0 atom stereocenters. The summed E-state index contributed by atoms with van der Waals surface area (Å²) in [4.78, 5) is 15.5. The molecule has 0 amide bonds. The lowest BCUT2D eigenvalue weighted by molar-refractivity contribution is 0.103. The van der Waals surface area contributed by atoms with Crippen LogP contribution >= 0.6 is 0 Å². The molecule has 2 nitrogen and oxygen atoms in total. The minimum atomic E-state index is -0.320. The summed E-state index contributed by atoms with van der Waals surface area (Å²) in [5.41, 5.74) is 4.85. The Hall–Kier alpha value is -1.90. The Morgan fingerprint density at radius 1 is 1.11 bits per heavy atom. The van der Waals surface area contributed by atoms with Crippen LogP contribution in [0.4, 0.5) is 4.39 Å². The normalized spacial score (nSPS) is 10.7. The zero-order chi connectivity index (χ0) is 13.4. The number of aromatic nitrogens is 1. The maximum absolute atomic E-state index is 13.0. The SMILES string of the molecule is Cc1cc(F)ccc1C(=O)c1[nH]c(C)c(C)c1C. The number of aryl methyl sites for hydroxylation is 2. The Morgan fingerprint density at radius 2 is 1.78 bits per heavy atom. The molecular formula is C15H16FNO. The van der Waals surface area contributed by atoms with Gasteiger partial charge in [0.25, 0.3) is 0 Å². The van der Waals surface area contributed by atoms with Crippen LogP contribution in [0, 0.1) is 33.5 Å². The van der Waals surface area contributed by atoms with Gasteiger partial charge in [0, 0.05) is 11.3 Å². The second kappa shape index (κ2) is 4.41. The smallest absolute Gasteiger partial charge is 0.209 e. The molecule has 0 unspecified atom stereocenters. The summed E-state index contributed by atoms with van der Waals surface area (Å²) >= 11 is 0. The molecular weight excluding hydrogens is 229 g/mol. The quantitative estimate of drug-likeness (QED) is 0.805. The van der Waals surface area contributed by atoms with Gasteiger partial charge in [0.2, 0.25) is 5.78 Å². The van der Waals surface area contributed by atoms with Gasteiger partial charge in [-0.3, -0.25) is 4.79 Å². The number of hydrogen-bond acceptors (Lipinski definition) is 1. The topological polar surface area (TPSA) is 32.9 Å². The lowest BCUT2D eigenvalue weighted by Crippen LogP contribution is -2.06. The molecule has 3 heteroatoms. The fourth-order valence-corrected chi connectivity index (χ4v) is 2.09. The number of H-pyrrole nitrogens is 1. The van der Waals surface area contributed by atoms with E-state index >= 15 is 0 Å². The first kappa shape index (κ1) is 12.6. The second-order valence-corrected chi connectivity index (χ2v) is 4.66. The first-order chi connectivity index (χ1) is 8.41. The van der Waals surface area contributed by atoms with Crippen LogP contribution < -0.4 is 0 Å². The number of aromatic amines is 1. The molecule has 0 aliphatic heterocycles. The number of ketones is 1. The second-order valence-electron chi connectivity index (χ2n) is 4.66. The summed E-state index contributed by atoms with van der Waals surface area (Å²) in [6.07, 6.45) is 0. The van der Waals surface area contributed by atoms with Crippen molar-refractivity contribution in [1.29, 1.82) is 0 Å². The summed E-state index contributed by atoms with van der Waals surface area (Å²) in [6, 6.07) is 4.24. The van der Waals surface area contributed by atoms with Crippen molar-refractivity contribution in [3.63, 3.8) is 0 Å². The Morgan fingerprint density at radius 3 is 2.28 bits per heavy atom. The Balaban J connectivity index is 2.51. The molecule has 2 aromatic rings. The summed E-state index contributed by atoms with van der Waals surface area (Å²) in [5.74, 6) is -0.402. The van der Waals surface area contributed by atoms with Crippen LogP contribution in [-0.2, 0) is 0 Å². The lowest BCUT2D eigenvalue weighted by atomic mass is 10.00. The molecule has 0 spiro atoms. The van der Waals surface area contributed by atoms with Crippen molar-refractivity contribution in [2.75, 3.05) is 0 Å². The Kier molecular flexibility index (Phi) is 3.07. The highest BCUT2D eigenvalue weighted by atomic mass is 19.1. The number of rotatable bonds is 2. The monoisotopic (exact) mass is 245 g/mol. The summed E-state index contributed by atoms with van der Waals surface area (Å²) in [5, 5.41) is 0. The van der Waals surface area contributed by atoms with Crippen LogP contribution in [0.15, 0.2) is 18.2 Å². The zero-order valence-electron chi connectivity index (χ0n) is 11.0. The fourth-order valence-electron chi connectivity index (χ4n) is 2.09. The van der Waals surface area contributed by atoms with E-state index < -0.39 is 0 Å². The van der Waals surface area contributed by atoms with E-state index in [1.165, 1.54) is 18.2 Å². The minimum Gasteiger partial charge on any atom is -0.356 e. The van der Waals surface area contributed by atoms with Gasteiger partial charge in [-0.25, -0.2) is 4.39 Å². The average molecular weight is 245 g/mol. The van der Waals surface area contributed by atoms with Crippen LogP contribution in [0.5, 0.6) is 0 Å². The highest BCUT2D eigenvalue weighted by molar-refractivity contribution is 6.09. The maximum atomic E-state index is 13.0. The summed E-state index contributed by atoms with van der Waals surface area (Å²) in [7, 11) is 0. The molecule has 0 fully saturated rings. The van der Waals surface area contributed by atoms with E-state index in [1.807, 2.05) is 20.8 Å². The predicted octanol–water partition coefficient (Wildman–Crippen LogP) is 3.62. The third-order valence-corrected chi connectivity index (χ3v) is 3.47. The van der Waals surface area contributed by atoms with Crippen LogP contribution in [-0.4, -0.2) is 10.8 Å². The molecule has 0 aliphatic rings. The molecule has 94 valence electrons. The molecule has 0 radical (unpaired) electrons. The van der Waals surface area contributed by atoms with Crippen molar-refractivity contribution in [2.24, 2.45) is 0 Å². The van der Waals surface area contributed by atoms with Gasteiger partial charge in [-0.05, 0) is 62.6 Å². The molecule has 0 saturated heterocycles. The number of carbonyl (C=O) groups is 1. The van der Waals surface area contributed by atoms with Crippen LogP contribution in [0.2, 0.25) is 0 Å². The predicted molar refractivity (Wildman–Crippen MR) is 69.6 cm³/mol. The number of nitrogens with one attached hydrogen (secondary N) is 1. The lowest BCUT2D eigenvalue weighted by Gasteiger charge is -2.05. The average Bonchev–Trinajstić information content (AvgIpc) is 2.56. The van der Waals surface area contributed by atoms with E-state index in [-0.39, 0.29) is 11.6 Å². The third kappa shape index (κ3) is 1.96. The summed E-state index contributed by atoms with van der Waals surface area (Å²) in [6.45, 7) is 7.59. The number of benzene rings is 1. The van der Waals surface area contributed by atoms with E-state index in [0.717, 1.165) is 16.8 Å². The highest BCUT2D eigenvalue weighted by Gasteiger charge is 2.18. The highest BCUT2D eigenvalue weighted by Crippen LogP contribution is 2.21. The van der Waals surface area contributed by atoms with E-state index in [1.54, 1.807) is 6.92 Å². The van der Waals surface area contributed by atoms with Crippen LogP contribution in [0.25, 0.3) is 0 Å². The first-order valence-corrected chi connectivity index (χ1v) is 5.88. The van der Waals surface area contributed by atoms with Crippen molar-refractivity contribution >= 4 is 5.78 Å². The van der Waals surface area contributed by atoms with E-state index in [9.17, 15) is 9.18 Å². The third-order valence-electron chi connectivity index (χ3n) is 3.47. The largest absolute Gasteiger partial charge is 0.356 e. The van der Waals surface area contributed by atoms with Crippen molar-refractivity contribution in [1.82, 2.24) is 4.98 Å². The summed E-state index contributed by atoms with van der Waals surface area (Å²) < 4.78 is 13.0. The molecule has 0 aliphatic carbocycles. The fraction of sp³-hybridized carbons (Fsp3) is 0.267. The number of hydrogen-bond donors (Lipinski definition) is 1. The van der Waals surface area contributed by atoms with Gasteiger partial charge < -0.3 is 4.98 Å². The van der Waals surface area contributed by atoms with E-state index in [4.69, 9.17) is 0 Å². The minimum absolute atomic E-state index is 0.0822. The molecule has 2 rings (SSSR count). The van der Waals surface area contributed by atoms with Crippen molar-refractivity contribution in [2.45, 2.75) is 27.7 Å². The molecule has 1 N–H and O–H groups in total. The Labute approximate surface area is 106 Å². The van der Waals surface area contributed by atoms with E-state index in [2.05, 4.69) is 4.98 Å². The molecule has 1 aromatic heterocycles. The molecule has 1 aromatic carbocycles. The van der Waals surface area contributed by atoms with Gasteiger partial charge in [0.1, 0.15) is 5.82 Å². The molecule has 0 saturated carbocycles. The number of halogens is 1. The maximum Gasteiger partial charge on any atom is 0.209 e. The first-order valence-electron chi connectivity index (χ1n) is 5.88. The Bertz CT molecular complexity index is 626. The van der Waals surface area contributed by atoms with Gasteiger partial charge in [0.05, 0.1) is 5.69 Å². The zero-order valence-corrected chi connectivity index (χ0v) is 11.0. The standard InChI is InChI=1S/C15H16FNO/c1-8-7-12(16)5-6-13(8)15(18)14-10(3)9(2)11(4)17-14/h5-7,17H,1-4H3. The van der Waals surface area contributed by atoms with Crippen LogP contribution in [0.3, 0.4) is 0 Å². The van der Waals surface area contributed by atoms with E-state index in [0.29, 0.717) is 16.8 Å². The number of carbonyl (C=O) groups excluding carboxylic acids is 1. The molecule has 1 heterocycles. The van der Waals surface area contributed by atoms with Crippen molar-refractivity contribution < 1.29 is 9.18 Å². The van der Waals surface area contributed by atoms with Gasteiger partial charge in [-0.2, -0.15) is 0 Å². The van der Waals surface area contributed by atoms with Crippen molar-refractivity contribution in [3.05, 3.63) is 57.7 Å². The van der Waals surface area contributed by atoms with Gasteiger partial charge >= 0.3 is 0 Å². The molecule has 0 bridgehead atoms. The van der Waals surface area contributed by atoms with Crippen molar-refractivity contribution in [3.8, 4) is 0 Å². The molecule has 18 heavy (non-hydrogen) atoms. The van der Waals surface area contributed by atoms with Gasteiger partial charge in [-0.15, -0.1) is 0 Å². The van der Waals surface area contributed by atoms with Gasteiger partial charge in [0.15, 0.2) is 0 Å².